The number of likely N-dealkylation sites (tertiary alicyclic amines) is 1. The Morgan fingerprint density at radius 2 is 1.49 bits per heavy atom. The van der Waals surface area contributed by atoms with E-state index in [0.717, 1.165) is 37.0 Å². The zero-order valence-corrected chi connectivity index (χ0v) is 23.5. The molecule has 0 bridgehead atoms. The van der Waals surface area contributed by atoms with Crippen LogP contribution in [0.1, 0.15) is 30.9 Å². The molecule has 1 N–H and O–H groups in total. The van der Waals surface area contributed by atoms with Crippen molar-refractivity contribution in [3.8, 4) is 0 Å². The van der Waals surface area contributed by atoms with Gasteiger partial charge in [-0.2, -0.15) is 13.5 Å². The quantitative estimate of drug-likeness (QED) is 0.306. The lowest BCUT2D eigenvalue weighted by atomic mass is 9.97. The van der Waals surface area contributed by atoms with Crippen LogP contribution >= 0.6 is 13.5 Å². The highest BCUT2D eigenvalue weighted by Crippen LogP contribution is 2.22. The van der Waals surface area contributed by atoms with Crippen LogP contribution in [0.4, 0.5) is 4.79 Å². The van der Waals surface area contributed by atoms with E-state index < -0.39 is 0 Å². The first-order chi connectivity index (χ1) is 18.6. The van der Waals surface area contributed by atoms with Gasteiger partial charge in [0.2, 0.25) is 0 Å². The molecule has 2 heterocycles. The largest absolute Gasteiger partial charge is 0.448 e. The van der Waals surface area contributed by atoms with Crippen molar-refractivity contribution >= 4 is 30.6 Å². The van der Waals surface area contributed by atoms with Crippen molar-refractivity contribution in [2.75, 3.05) is 19.7 Å². The SMILES string of the molecule is C[C@@H](COC(=O)N1CCC(Cn2c(=O)[nH]c3ccccc32)CC1)N(Cc1ccccc1)Cc1ccccc1.S. The minimum Gasteiger partial charge on any atom is -0.448 e. The molecule has 1 aliphatic rings. The number of hydrogen-bond donors (Lipinski definition) is 1. The first-order valence-electron chi connectivity index (χ1n) is 13.5. The van der Waals surface area contributed by atoms with Crippen LogP contribution in [0, 0.1) is 5.92 Å². The Hall–Kier alpha value is -3.49. The van der Waals surface area contributed by atoms with Crippen molar-refractivity contribution in [3.63, 3.8) is 0 Å². The van der Waals surface area contributed by atoms with Gasteiger partial charge in [0.25, 0.3) is 0 Å². The number of amides is 1. The van der Waals surface area contributed by atoms with Crippen molar-refractivity contribution in [1.82, 2.24) is 19.4 Å². The van der Waals surface area contributed by atoms with Gasteiger partial charge in [0.05, 0.1) is 11.0 Å². The summed E-state index contributed by atoms with van der Waals surface area (Å²) in [4.78, 5) is 32.4. The van der Waals surface area contributed by atoms with Gasteiger partial charge in [-0.1, -0.05) is 72.8 Å². The molecular formula is C31H38N4O3S. The molecule has 1 aliphatic heterocycles. The second kappa shape index (κ2) is 13.5. The molecule has 1 fully saturated rings. The Morgan fingerprint density at radius 1 is 0.923 bits per heavy atom. The number of rotatable bonds is 9. The second-order valence-electron chi connectivity index (χ2n) is 10.3. The molecule has 206 valence electrons. The van der Waals surface area contributed by atoms with Crippen LogP contribution in [-0.2, 0) is 24.4 Å². The zero-order valence-electron chi connectivity index (χ0n) is 22.5. The Bertz CT molecular complexity index is 1340. The van der Waals surface area contributed by atoms with Crippen molar-refractivity contribution in [2.24, 2.45) is 5.92 Å². The standard InChI is InChI=1S/C31H36N4O3.H2S/c1-24(34(20-25-10-4-2-5-11-25)21-26-12-6-3-7-13-26)23-38-31(37)33-18-16-27(17-19-33)22-35-29-15-9-8-14-28(29)32-30(35)36;/h2-15,24,27H,16-23H2,1H3,(H,32,36);1H2/t24-;/m0./s1. The van der Waals surface area contributed by atoms with Crippen LogP contribution in [0.15, 0.2) is 89.7 Å². The summed E-state index contributed by atoms with van der Waals surface area (Å²) in [6.45, 7) is 5.98. The highest BCUT2D eigenvalue weighted by Gasteiger charge is 2.26. The van der Waals surface area contributed by atoms with Gasteiger partial charge in [0, 0.05) is 38.8 Å². The molecule has 4 aromatic rings. The normalized spacial score (nSPS) is 14.8. The molecule has 0 unspecified atom stereocenters. The Labute approximate surface area is 236 Å². The Balaban J connectivity index is 0.00000353. The molecule has 3 aromatic carbocycles. The molecule has 0 spiro atoms. The van der Waals surface area contributed by atoms with Gasteiger partial charge in [-0.3, -0.25) is 9.47 Å². The fraction of sp³-hybridized carbons (Fsp3) is 0.355. The van der Waals surface area contributed by atoms with Crippen LogP contribution in [0.2, 0.25) is 0 Å². The lowest BCUT2D eigenvalue weighted by molar-refractivity contribution is 0.0553. The summed E-state index contributed by atoms with van der Waals surface area (Å²) in [7, 11) is 0. The van der Waals surface area contributed by atoms with Crippen molar-refractivity contribution in [3.05, 3.63) is 107 Å². The molecular weight excluding hydrogens is 508 g/mol. The average molecular weight is 547 g/mol. The monoisotopic (exact) mass is 546 g/mol. The number of H-pyrrole nitrogens is 1. The molecule has 5 rings (SSSR count). The van der Waals surface area contributed by atoms with Crippen molar-refractivity contribution in [1.29, 1.82) is 0 Å². The number of nitrogens with one attached hydrogen (secondary N) is 1. The van der Waals surface area contributed by atoms with E-state index in [1.54, 1.807) is 4.90 Å². The minimum absolute atomic E-state index is 0. The summed E-state index contributed by atoms with van der Waals surface area (Å²) in [5, 5.41) is 0. The average Bonchev–Trinajstić information content (AvgIpc) is 3.27. The zero-order chi connectivity index (χ0) is 26.3. The third kappa shape index (κ3) is 7.34. The molecule has 7 nitrogen and oxygen atoms in total. The van der Waals surface area contributed by atoms with Crippen LogP contribution in [0.5, 0.6) is 0 Å². The van der Waals surface area contributed by atoms with Gasteiger partial charge < -0.3 is 14.6 Å². The third-order valence-electron chi connectivity index (χ3n) is 7.52. The van der Waals surface area contributed by atoms with Crippen LogP contribution in [0.3, 0.4) is 0 Å². The fourth-order valence-electron chi connectivity index (χ4n) is 5.24. The second-order valence-corrected chi connectivity index (χ2v) is 10.3. The van der Waals surface area contributed by atoms with E-state index in [9.17, 15) is 9.59 Å². The predicted octanol–water partition coefficient (Wildman–Crippen LogP) is 5.38. The third-order valence-corrected chi connectivity index (χ3v) is 7.52. The maximum atomic E-state index is 12.9. The van der Waals surface area contributed by atoms with Gasteiger partial charge in [-0.25, -0.2) is 9.59 Å². The Morgan fingerprint density at radius 3 is 2.10 bits per heavy atom. The lowest BCUT2D eigenvalue weighted by Gasteiger charge is -2.33. The number of benzene rings is 3. The molecule has 1 amide bonds. The van der Waals surface area contributed by atoms with Crippen LogP contribution in [-0.4, -0.2) is 51.2 Å². The highest BCUT2D eigenvalue weighted by atomic mass is 32.1. The maximum absolute atomic E-state index is 12.9. The predicted molar refractivity (Wildman–Crippen MR) is 160 cm³/mol. The van der Waals surface area contributed by atoms with E-state index >= 15 is 0 Å². The van der Waals surface area contributed by atoms with E-state index in [-0.39, 0.29) is 31.3 Å². The van der Waals surface area contributed by atoms with Gasteiger partial charge in [0.15, 0.2) is 0 Å². The van der Waals surface area contributed by atoms with Gasteiger partial charge in [0.1, 0.15) is 6.61 Å². The van der Waals surface area contributed by atoms with Crippen LogP contribution in [0.25, 0.3) is 11.0 Å². The number of hydrogen-bond acceptors (Lipinski definition) is 4. The van der Waals surface area contributed by atoms with Crippen molar-refractivity contribution in [2.45, 2.75) is 45.4 Å². The summed E-state index contributed by atoms with van der Waals surface area (Å²) in [5.74, 6) is 0.349. The van der Waals surface area contributed by atoms with E-state index in [1.807, 2.05) is 41.0 Å². The summed E-state index contributed by atoms with van der Waals surface area (Å²) >= 11 is 0. The first-order valence-corrected chi connectivity index (χ1v) is 13.5. The topological polar surface area (TPSA) is 70.6 Å². The van der Waals surface area contributed by atoms with Gasteiger partial charge >= 0.3 is 11.8 Å². The summed E-state index contributed by atoms with van der Waals surface area (Å²) in [5.41, 5.74) is 4.19. The number of carbonyl (C=O) groups is 1. The summed E-state index contributed by atoms with van der Waals surface area (Å²) in [6.07, 6.45) is 1.45. The molecule has 0 aliphatic carbocycles. The van der Waals surface area contributed by atoms with Gasteiger partial charge in [-0.05, 0) is 48.9 Å². The number of aromatic amines is 1. The van der Waals surface area contributed by atoms with E-state index in [0.29, 0.717) is 32.2 Å². The lowest BCUT2D eigenvalue weighted by Crippen LogP contribution is -2.42. The first kappa shape index (κ1) is 28.5. The molecule has 0 saturated carbocycles. The number of piperidine rings is 1. The molecule has 1 saturated heterocycles. The Kier molecular flexibility index (Phi) is 9.90. The number of ether oxygens (including phenoxy) is 1. The van der Waals surface area contributed by atoms with E-state index in [1.165, 1.54) is 11.1 Å². The van der Waals surface area contributed by atoms with E-state index in [4.69, 9.17) is 4.74 Å². The van der Waals surface area contributed by atoms with E-state index in [2.05, 4.69) is 65.3 Å². The van der Waals surface area contributed by atoms with Crippen molar-refractivity contribution < 1.29 is 9.53 Å². The number of fused-ring (bicyclic) bond motifs is 1. The molecule has 0 radical (unpaired) electrons. The smallest absolute Gasteiger partial charge is 0.409 e. The fourth-order valence-corrected chi connectivity index (χ4v) is 5.24. The molecule has 1 aromatic heterocycles. The summed E-state index contributed by atoms with van der Waals surface area (Å²) < 4.78 is 7.63. The number of nitrogens with zero attached hydrogens (tertiary/aromatic N) is 3. The summed E-state index contributed by atoms with van der Waals surface area (Å²) in [6, 6.07) is 28.6. The number of carbonyl (C=O) groups excluding carboxylic acids is 1. The number of para-hydroxylation sites is 2. The number of aromatic nitrogens is 2. The molecule has 8 heteroatoms. The highest BCUT2D eigenvalue weighted by molar-refractivity contribution is 7.59. The van der Waals surface area contributed by atoms with Gasteiger partial charge in [-0.15, -0.1) is 0 Å². The minimum atomic E-state index is -0.251. The van der Waals surface area contributed by atoms with Crippen LogP contribution < -0.4 is 5.69 Å². The number of imidazole rings is 1. The maximum Gasteiger partial charge on any atom is 0.409 e. The molecule has 1 atom stereocenters. The molecule has 39 heavy (non-hydrogen) atoms.